The number of benzene rings is 2. The van der Waals surface area contributed by atoms with Crippen LogP contribution in [0.4, 0.5) is 4.39 Å². The van der Waals surface area contributed by atoms with Crippen molar-refractivity contribution in [2.24, 2.45) is 5.73 Å². The Labute approximate surface area is 123 Å². The summed E-state index contributed by atoms with van der Waals surface area (Å²) in [4.78, 5) is 0. The molecule has 0 amide bonds. The van der Waals surface area contributed by atoms with Crippen molar-refractivity contribution in [2.75, 3.05) is 20.3 Å². The Morgan fingerprint density at radius 1 is 0.952 bits per heavy atom. The van der Waals surface area contributed by atoms with Crippen molar-refractivity contribution in [3.8, 4) is 17.2 Å². The van der Waals surface area contributed by atoms with Gasteiger partial charge in [0.1, 0.15) is 36.3 Å². The lowest BCUT2D eigenvalue weighted by Gasteiger charge is -2.12. The minimum Gasteiger partial charge on any atom is -0.497 e. The lowest BCUT2D eigenvalue weighted by Crippen LogP contribution is -2.11. The van der Waals surface area contributed by atoms with E-state index in [1.807, 2.05) is 24.3 Å². The second-order valence-corrected chi connectivity index (χ2v) is 4.29. The van der Waals surface area contributed by atoms with E-state index in [1.165, 1.54) is 6.07 Å². The van der Waals surface area contributed by atoms with E-state index in [0.717, 1.165) is 11.5 Å². The Morgan fingerprint density at radius 2 is 1.62 bits per heavy atom. The third-order valence-electron chi connectivity index (χ3n) is 2.95. The molecule has 0 aliphatic rings. The molecule has 21 heavy (non-hydrogen) atoms. The zero-order valence-electron chi connectivity index (χ0n) is 11.8. The van der Waals surface area contributed by atoms with Crippen LogP contribution in [0, 0.1) is 5.82 Å². The Morgan fingerprint density at radius 3 is 2.29 bits per heavy atom. The topological polar surface area (TPSA) is 53.7 Å². The molecule has 0 unspecified atom stereocenters. The number of hydrogen-bond donors (Lipinski definition) is 1. The lowest BCUT2D eigenvalue weighted by atomic mass is 10.2. The van der Waals surface area contributed by atoms with Crippen LogP contribution >= 0.6 is 0 Å². The first-order valence-corrected chi connectivity index (χ1v) is 6.61. The van der Waals surface area contributed by atoms with Gasteiger partial charge < -0.3 is 19.9 Å². The summed E-state index contributed by atoms with van der Waals surface area (Å²) in [5.41, 5.74) is 5.89. The summed E-state index contributed by atoms with van der Waals surface area (Å²) in [6.45, 7) is 0.761. The monoisotopic (exact) mass is 291 g/mol. The average molecular weight is 291 g/mol. The summed E-state index contributed by atoms with van der Waals surface area (Å²) in [7, 11) is 1.61. The Kier molecular flexibility index (Phi) is 5.40. The predicted molar refractivity (Wildman–Crippen MR) is 78.3 cm³/mol. The van der Waals surface area contributed by atoms with Crippen LogP contribution in [0.2, 0.25) is 0 Å². The number of ether oxygens (including phenoxy) is 3. The quantitative estimate of drug-likeness (QED) is 0.797. The molecule has 2 aromatic rings. The fourth-order valence-electron chi connectivity index (χ4n) is 1.86. The highest BCUT2D eigenvalue weighted by molar-refractivity contribution is 5.34. The van der Waals surface area contributed by atoms with Gasteiger partial charge >= 0.3 is 0 Å². The zero-order chi connectivity index (χ0) is 15.1. The molecule has 0 aliphatic heterocycles. The molecule has 112 valence electrons. The molecule has 0 aliphatic carbocycles. The molecule has 0 aromatic heterocycles. The molecule has 2 aromatic carbocycles. The molecule has 0 atom stereocenters. The van der Waals surface area contributed by atoms with Gasteiger partial charge in [-0.15, -0.1) is 0 Å². The molecule has 0 fully saturated rings. The molecule has 0 bridgehead atoms. The van der Waals surface area contributed by atoms with Crippen LogP contribution in [0.1, 0.15) is 5.56 Å². The fraction of sp³-hybridized carbons (Fsp3) is 0.250. The van der Waals surface area contributed by atoms with Crippen LogP contribution in [-0.2, 0) is 6.54 Å². The summed E-state index contributed by atoms with van der Waals surface area (Å²) < 4.78 is 29.6. The summed E-state index contributed by atoms with van der Waals surface area (Å²) in [6.07, 6.45) is 0. The molecule has 0 saturated heterocycles. The van der Waals surface area contributed by atoms with Crippen LogP contribution in [0.15, 0.2) is 42.5 Å². The van der Waals surface area contributed by atoms with Crippen LogP contribution in [0.3, 0.4) is 0 Å². The van der Waals surface area contributed by atoms with E-state index < -0.39 is 0 Å². The van der Waals surface area contributed by atoms with Crippen molar-refractivity contribution in [2.45, 2.75) is 6.54 Å². The third kappa shape index (κ3) is 4.10. The number of nitrogens with two attached hydrogens (primary N) is 1. The molecule has 0 spiro atoms. The summed E-state index contributed by atoms with van der Waals surface area (Å²) in [6, 6.07) is 11.9. The van der Waals surface area contributed by atoms with Crippen LogP contribution < -0.4 is 19.9 Å². The van der Waals surface area contributed by atoms with Crippen LogP contribution in [-0.4, -0.2) is 20.3 Å². The Balaban J connectivity index is 1.83. The lowest BCUT2D eigenvalue weighted by molar-refractivity contribution is 0.215. The SMILES string of the molecule is COc1ccc(OCCOc2cccc(F)c2CN)cc1. The first-order valence-electron chi connectivity index (χ1n) is 6.61. The van der Waals surface area contributed by atoms with E-state index in [-0.39, 0.29) is 12.4 Å². The Hall–Kier alpha value is -2.27. The summed E-state index contributed by atoms with van der Waals surface area (Å²) in [5.74, 6) is 1.59. The van der Waals surface area contributed by atoms with E-state index in [0.29, 0.717) is 24.5 Å². The van der Waals surface area contributed by atoms with Crippen molar-refractivity contribution in [1.29, 1.82) is 0 Å². The molecule has 2 N–H and O–H groups in total. The van der Waals surface area contributed by atoms with Crippen molar-refractivity contribution in [1.82, 2.24) is 0 Å². The first-order chi connectivity index (χ1) is 10.2. The molecule has 2 rings (SSSR count). The smallest absolute Gasteiger partial charge is 0.131 e. The second kappa shape index (κ2) is 7.50. The van der Waals surface area contributed by atoms with E-state index >= 15 is 0 Å². The fourth-order valence-corrected chi connectivity index (χ4v) is 1.86. The maximum absolute atomic E-state index is 13.5. The molecule has 0 saturated carbocycles. The minimum atomic E-state index is -0.355. The van der Waals surface area contributed by atoms with E-state index in [2.05, 4.69) is 0 Å². The molecule has 0 radical (unpaired) electrons. The van der Waals surface area contributed by atoms with Crippen molar-refractivity contribution in [3.63, 3.8) is 0 Å². The molecule has 4 nitrogen and oxygen atoms in total. The van der Waals surface area contributed by atoms with Crippen molar-refractivity contribution >= 4 is 0 Å². The van der Waals surface area contributed by atoms with Gasteiger partial charge in [-0.2, -0.15) is 0 Å². The maximum atomic E-state index is 13.5. The minimum absolute atomic E-state index is 0.0986. The number of rotatable bonds is 7. The molecule has 0 heterocycles. The first kappa shape index (κ1) is 15.1. The van der Waals surface area contributed by atoms with E-state index in [1.54, 1.807) is 19.2 Å². The normalized spacial score (nSPS) is 10.2. The largest absolute Gasteiger partial charge is 0.497 e. The van der Waals surface area contributed by atoms with Crippen molar-refractivity contribution < 1.29 is 18.6 Å². The highest BCUT2D eigenvalue weighted by Gasteiger charge is 2.07. The highest BCUT2D eigenvalue weighted by Crippen LogP contribution is 2.21. The van der Waals surface area contributed by atoms with Gasteiger partial charge in [-0.05, 0) is 36.4 Å². The van der Waals surface area contributed by atoms with E-state index in [4.69, 9.17) is 19.9 Å². The number of methoxy groups -OCH3 is 1. The number of halogens is 1. The highest BCUT2D eigenvalue weighted by atomic mass is 19.1. The van der Waals surface area contributed by atoms with Crippen LogP contribution in [0.25, 0.3) is 0 Å². The molecule has 5 heteroatoms. The Bertz CT molecular complexity index is 572. The van der Waals surface area contributed by atoms with Gasteiger partial charge in [0.15, 0.2) is 0 Å². The van der Waals surface area contributed by atoms with E-state index in [9.17, 15) is 4.39 Å². The van der Waals surface area contributed by atoms with Crippen LogP contribution in [0.5, 0.6) is 17.2 Å². The van der Waals surface area contributed by atoms with Gasteiger partial charge in [-0.3, -0.25) is 0 Å². The zero-order valence-corrected chi connectivity index (χ0v) is 11.8. The van der Waals surface area contributed by atoms with Gasteiger partial charge in [0.05, 0.1) is 7.11 Å². The standard InChI is InChI=1S/C16H18FNO3/c1-19-12-5-7-13(8-6-12)20-9-10-21-16-4-2-3-15(17)14(16)11-18/h2-8H,9-11,18H2,1H3. The van der Waals surface area contributed by atoms with Gasteiger partial charge in [0.25, 0.3) is 0 Å². The summed E-state index contributed by atoms with van der Waals surface area (Å²) in [5, 5.41) is 0. The van der Waals surface area contributed by atoms with Gasteiger partial charge in [0.2, 0.25) is 0 Å². The molecular weight excluding hydrogens is 273 g/mol. The maximum Gasteiger partial charge on any atom is 0.131 e. The van der Waals surface area contributed by atoms with Gasteiger partial charge in [0, 0.05) is 12.1 Å². The number of hydrogen-bond acceptors (Lipinski definition) is 4. The summed E-state index contributed by atoms with van der Waals surface area (Å²) >= 11 is 0. The molecular formula is C16H18FNO3. The predicted octanol–water partition coefficient (Wildman–Crippen LogP) is 2.75. The average Bonchev–Trinajstić information content (AvgIpc) is 2.52. The second-order valence-electron chi connectivity index (χ2n) is 4.29. The van der Waals surface area contributed by atoms with Gasteiger partial charge in [-0.1, -0.05) is 6.07 Å². The van der Waals surface area contributed by atoms with Gasteiger partial charge in [-0.25, -0.2) is 4.39 Å². The third-order valence-corrected chi connectivity index (χ3v) is 2.95. The van der Waals surface area contributed by atoms with Crippen molar-refractivity contribution in [3.05, 3.63) is 53.8 Å².